The Morgan fingerprint density at radius 1 is 0.583 bits per heavy atom. The van der Waals surface area contributed by atoms with E-state index >= 15 is 0 Å². The van der Waals surface area contributed by atoms with Crippen molar-refractivity contribution in [3.8, 4) is 22.6 Å². The standard InChI is InChI=1S/C32H27O2PS/c36-35(30-17-9-8-14-25(30)22-10-2-1-3-11-22)33-28-20-18-23-12-4-6-15-26(23)31(28)32-27-16-7-5-13-24(27)19-21-29(32)34-35/h1-7,10-13,15-16,18-21,25,30H,8-9,14,17H2/t25-,30+/m1/s1. The fourth-order valence-electron chi connectivity index (χ4n) is 6.18. The van der Waals surface area contributed by atoms with Crippen LogP contribution in [0.15, 0.2) is 103 Å². The molecule has 1 aliphatic carbocycles. The molecule has 2 atom stereocenters. The molecule has 0 saturated heterocycles. The van der Waals surface area contributed by atoms with Gasteiger partial charge in [0.15, 0.2) is 11.5 Å². The van der Waals surface area contributed by atoms with Crippen LogP contribution < -0.4 is 9.05 Å². The van der Waals surface area contributed by atoms with Crippen molar-refractivity contribution in [3.05, 3.63) is 109 Å². The Balaban J connectivity index is 1.47. The number of hydrogen-bond donors (Lipinski definition) is 0. The number of rotatable bonds is 2. The van der Waals surface area contributed by atoms with Crippen LogP contribution in [0.2, 0.25) is 0 Å². The van der Waals surface area contributed by atoms with E-state index in [1.54, 1.807) is 0 Å². The van der Waals surface area contributed by atoms with Gasteiger partial charge < -0.3 is 21.3 Å². The third-order valence-corrected chi connectivity index (χ3v) is 11.4. The molecule has 178 valence electrons. The molecular formula is C32H27O2PS. The molecule has 1 aliphatic heterocycles. The van der Waals surface area contributed by atoms with Gasteiger partial charge in [-0.2, -0.15) is 0 Å². The van der Waals surface area contributed by atoms with E-state index in [1.807, 2.05) is 0 Å². The van der Waals surface area contributed by atoms with Crippen molar-refractivity contribution < 1.29 is 9.05 Å². The van der Waals surface area contributed by atoms with Crippen LogP contribution >= 0.6 is 6.92 Å². The highest BCUT2D eigenvalue weighted by Crippen LogP contribution is 2.71. The summed E-state index contributed by atoms with van der Waals surface area (Å²) in [5.41, 5.74) is 3.71. The zero-order valence-electron chi connectivity index (χ0n) is 20.0. The Morgan fingerprint density at radius 3 is 1.72 bits per heavy atom. The summed E-state index contributed by atoms with van der Waals surface area (Å²) in [6.07, 6.45) is 4.53. The Morgan fingerprint density at radius 2 is 1.11 bits per heavy atom. The molecule has 0 unspecified atom stereocenters. The third-order valence-electron chi connectivity index (χ3n) is 7.85. The van der Waals surface area contributed by atoms with Crippen molar-refractivity contribution in [3.63, 3.8) is 0 Å². The Kier molecular flexibility index (Phi) is 5.45. The van der Waals surface area contributed by atoms with Crippen LogP contribution in [-0.2, 0) is 12.2 Å². The van der Waals surface area contributed by atoms with Gasteiger partial charge in [-0.15, -0.1) is 0 Å². The van der Waals surface area contributed by atoms with Crippen LogP contribution in [0.5, 0.6) is 11.5 Å². The molecule has 36 heavy (non-hydrogen) atoms. The average molecular weight is 507 g/mol. The lowest BCUT2D eigenvalue weighted by Crippen LogP contribution is -2.30. The van der Waals surface area contributed by atoms with Crippen LogP contribution in [0.25, 0.3) is 32.7 Å². The van der Waals surface area contributed by atoms with E-state index in [0.717, 1.165) is 41.9 Å². The van der Waals surface area contributed by atoms with Gasteiger partial charge in [-0.1, -0.05) is 97.4 Å². The van der Waals surface area contributed by atoms with Crippen LogP contribution in [0.3, 0.4) is 0 Å². The number of fused-ring (bicyclic) bond motifs is 7. The number of hydrogen-bond acceptors (Lipinski definition) is 3. The maximum absolute atomic E-state index is 6.98. The molecule has 2 nitrogen and oxygen atoms in total. The molecule has 0 aromatic heterocycles. The highest BCUT2D eigenvalue weighted by atomic mass is 32.7. The number of benzene rings is 5. The van der Waals surface area contributed by atoms with E-state index in [0.29, 0.717) is 5.92 Å². The van der Waals surface area contributed by atoms with Gasteiger partial charge in [0, 0.05) is 17.0 Å². The summed E-state index contributed by atoms with van der Waals surface area (Å²) in [5, 5.41) is 4.72. The van der Waals surface area contributed by atoms with Crippen LogP contribution in [0.1, 0.15) is 37.2 Å². The van der Waals surface area contributed by atoms with Gasteiger partial charge >= 0.3 is 0 Å². The molecule has 5 aromatic rings. The predicted molar refractivity (Wildman–Crippen MR) is 154 cm³/mol. The zero-order chi connectivity index (χ0) is 24.1. The van der Waals surface area contributed by atoms with Crippen molar-refractivity contribution in [2.45, 2.75) is 37.3 Å². The molecule has 1 heterocycles. The van der Waals surface area contributed by atoms with E-state index in [-0.39, 0.29) is 5.66 Å². The molecule has 0 amide bonds. The summed E-state index contributed by atoms with van der Waals surface area (Å²) >= 11 is 6.50. The third kappa shape index (κ3) is 3.60. The SMILES string of the molecule is [S-][P+]1([C@H]2CCCC[C@@H]2c2ccccc2)Oc2ccc3ccccc3c2-c2c(ccc3ccccc23)O1. The molecule has 1 saturated carbocycles. The molecule has 0 N–H and O–H groups in total. The van der Waals surface area contributed by atoms with Gasteiger partial charge in [-0.05, 0) is 58.5 Å². The fourth-order valence-corrected chi connectivity index (χ4v) is 9.84. The second-order valence-corrected chi connectivity index (χ2v) is 13.5. The molecule has 1 fully saturated rings. The quantitative estimate of drug-likeness (QED) is 0.175. The minimum atomic E-state index is -2.74. The van der Waals surface area contributed by atoms with Gasteiger partial charge in [-0.3, -0.25) is 0 Å². The Labute approximate surface area is 217 Å². The topological polar surface area (TPSA) is 18.5 Å². The summed E-state index contributed by atoms with van der Waals surface area (Å²) in [5.74, 6) is 2.05. The second-order valence-electron chi connectivity index (χ2n) is 9.91. The van der Waals surface area contributed by atoms with Crippen LogP contribution in [-0.4, -0.2) is 5.66 Å². The first-order chi connectivity index (χ1) is 17.7. The molecule has 2 aliphatic rings. The molecule has 5 aromatic carbocycles. The summed E-state index contributed by atoms with van der Waals surface area (Å²) in [7, 11) is 0. The van der Waals surface area contributed by atoms with Crippen molar-refractivity contribution >= 4 is 40.7 Å². The van der Waals surface area contributed by atoms with E-state index in [2.05, 4.69) is 103 Å². The van der Waals surface area contributed by atoms with E-state index in [9.17, 15) is 0 Å². The summed E-state index contributed by atoms with van der Waals surface area (Å²) in [6.45, 7) is -2.74. The first kappa shape index (κ1) is 22.2. The average Bonchev–Trinajstić information content (AvgIpc) is 3.08. The fraction of sp³-hybridized carbons (Fsp3) is 0.188. The molecule has 4 heteroatoms. The van der Waals surface area contributed by atoms with E-state index in [1.165, 1.54) is 33.5 Å². The van der Waals surface area contributed by atoms with Gasteiger partial charge in [0.05, 0.1) is 0 Å². The van der Waals surface area contributed by atoms with Crippen LogP contribution in [0, 0.1) is 0 Å². The normalized spacial score (nSPS) is 20.6. The lowest BCUT2D eigenvalue weighted by Gasteiger charge is -2.41. The van der Waals surface area contributed by atoms with Crippen LogP contribution in [0.4, 0.5) is 0 Å². The van der Waals surface area contributed by atoms with E-state index < -0.39 is 6.92 Å². The van der Waals surface area contributed by atoms with Crippen molar-refractivity contribution in [1.29, 1.82) is 0 Å². The maximum atomic E-state index is 6.98. The smallest absolute Gasteiger partial charge is 0.254 e. The molecule has 0 spiro atoms. The van der Waals surface area contributed by atoms with Gasteiger partial charge in [0.2, 0.25) is 0 Å². The maximum Gasteiger partial charge on any atom is 0.254 e. The van der Waals surface area contributed by atoms with Gasteiger partial charge in [0.1, 0.15) is 5.66 Å². The molecule has 0 bridgehead atoms. The minimum absolute atomic E-state index is 0.167. The largest absolute Gasteiger partial charge is 0.472 e. The highest BCUT2D eigenvalue weighted by molar-refractivity contribution is 8.38. The minimum Gasteiger partial charge on any atom is -0.472 e. The lowest BCUT2D eigenvalue weighted by molar-refractivity contribution is 0.395. The molecule has 0 radical (unpaired) electrons. The zero-order valence-corrected chi connectivity index (χ0v) is 21.7. The monoisotopic (exact) mass is 506 g/mol. The van der Waals surface area contributed by atoms with Gasteiger partial charge in [0.25, 0.3) is 6.92 Å². The van der Waals surface area contributed by atoms with Crippen molar-refractivity contribution in [1.82, 2.24) is 0 Å². The van der Waals surface area contributed by atoms with E-state index in [4.69, 9.17) is 21.3 Å². The summed E-state index contributed by atoms with van der Waals surface area (Å²) < 4.78 is 14.0. The molecular weight excluding hydrogens is 479 g/mol. The Hall–Kier alpha value is -3.00. The lowest BCUT2D eigenvalue weighted by atomic mass is 9.83. The van der Waals surface area contributed by atoms with Crippen molar-refractivity contribution in [2.75, 3.05) is 0 Å². The molecule has 7 rings (SSSR count). The first-order valence-corrected chi connectivity index (χ1v) is 15.5. The predicted octanol–water partition coefficient (Wildman–Crippen LogP) is 9.47. The van der Waals surface area contributed by atoms with Crippen molar-refractivity contribution in [2.24, 2.45) is 0 Å². The summed E-state index contributed by atoms with van der Waals surface area (Å²) in [6, 6.07) is 36.4. The highest BCUT2D eigenvalue weighted by Gasteiger charge is 2.49. The first-order valence-electron chi connectivity index (χ1n) is 12.8. The second kappa shape index (κ2) is 8.83. The van der Waals surface area contributed by atoms with Gasteiger partial charge in [-0.25, -0.2) is 0 Å². The summed E-state index contributed by atoms with van der Waals surface area (Å²) in [4.78, 5) is 0. The Bertz CT molecular complexity index is 1490.